The van der Waals surface area contributed by atoms with Crippen molar-refractivity contribution in [2.75, 3.05) is 23.7 Å². The van der Waals surface area contributed by atoms with E-state index in [2.05, 4.69) is 10.3 Å². The highest BCUT2D eigenvalue weighted by molar-refractivity contribution is 5.94. The van der Waals surface area contributed by atoms with Gasteiger partial charge >= 0.3 is 5.76 Å². The molecular weight excluding hydrogens is 260 g/mol. The van der Waals surface area contributed by atoms with Crippen molar-refractivity contribution in [3.8, 4) is 0 Å². The number of nitrogens with zero attached hydrogens (tertiary/aromatic N) is 1. The Balaban J connectivity index is 2.15. The van der Waals surface area contributed by atoms with Crippen LogP contribution in [-0.4, -0.2) is 29.5 Å². The lowest BCUT2D eigenvalue weighted by Crippen LogP contribution is -2.62. The van der Waals surface area contributed by atoms with E-state index in [0.717, 1.165) is 5.69 Å². The summed E-state index contributed by atoms with van der Waals surface area (Å²) in [6.45, 7) is 4.88. The molecule has 1 amide bonds. The lowest BCUT2D eigenvalue weighted by atomic mass is 9.97. The molecule has 106 valence electrons. The van der Waals surface area contributed by atoms with E-state index in [1.165, 1.54) is 0 Å². The number of amides is 1. The second kappa shape index (κ2) is 4.03. The fraction of sp³-hybridized carbons (Fsp3) is 0.385. The molecule has 1 saturated heterocycles. The van der Waals surface area contributed by atoms with E-state index in [-0.39, 0.29) is 5.91 Å². The Morgan fingerprint density at radius 3 is 2.85 bits per heavy atom. The number of aromatic amines is 1. The third-order valence-electron chi connectivity index (χ3n) is 3.71. The summed E-state index contributed by atoms with van der Waals surface area (Å²) in [6, 6.07) is 3.35. The Morgan fingerprint density at radius 2 is 2.10 bits per heavy atom. The summed E-state index contributed by atoms with van der Waals surface area (Å²) in [5, 5.41) is 2.84. The Morgan fingerprint density at radius 1 is 1.35 bits per heavy atom. The van der Waals surface area contributed by atoms with Gasteiger partial charge in [-0.1, -0.05) is 0 Å². The number of nitrogen functional groups attached to an aromatic ring is 1. The van der Waals surface area contributed by atoms with Gasteiger partial charge in [-0.2, -0.15) is 0 Å². The summed E-state index contributed by atoms with van der Waals surface area (Å²) in [7, 11) is 0. The lowest BCUT2D eigenvalue weighted by molar-refractivity contribution is -0.126. The molecule has 0 bridgehead atoms. The summed E-state index contributed by atoms with van der Waals surface area (Å²) >= 11 is 0. The zero-order valence-electron chi connectivity index (χ0n) is 11.3. The standard InChI is InChI=1S/C13H16N4O3/c1-13(2)11(18)15-3-4-17(13)9-6-8-10(5-7(9)14)20-12(19)16-8/h5-6H,3-4,14H2,1-2H3,(H,15,18)(H,16,19). The van der Waals surface area contributed by atoms with Crippen molar-refractivity contribution in [2.45, 2.75) is 19.4 Å². The molecule has 20 heavy (non-hydrogen) atoms. The largest absolute Gasteiger partial charge is 0.417 e. The van der Waals surface area contributed by atoms with Crippen LogP contribution in [0.2, 0.25) is 0 Å². The average Bonchev–Trinajstić information content (AvgIpc) is 2.71. The summed E-state index contributed by atoms with van der Waals surface area (Å²) < 4.78 is 4.98. The van der Waals surface area contributed by atoms with Crippen LogP contribution in [0.5, 0.6) is 0 Å². The number of anilines is 2. The SMILES string of the molecule is CC1(C)C(=O)NCCN1c1cc2[nH]c(=O)oc2cc1N. The molecule has 1 aromatic heterocycles. The van der Waals surface area contributed by atoms with E-state index in [4.69, 9.17) is 10.2 Å². The number of carbonyl (C=O) groups excluding carboxylic acids is 1. The van der Waals surface area contributed by atoms with E-state index >= 15 is 0 Å². The van der Waals surface area contributed by atoms with Gasteiger partial charge in [-0.05, 0) is 19.9 Å². The zero-order chi connectivity index (χ0) is 14.5. The fourth-order valence-corrected chi connectivity index (χ4v) is 2.56. The number of benzene rings is 1. The van der Waals surface area contributed by atoms with Gasteiger partial charge in [0.15, 0.2) is 5.58 Å². The van der Waals surface area contributed by atoms with Crippen LogP contribution >= 0.6 is 0 Å². The van der Waals surface area contributed by atoms with Crippen LogP contribution in [0.4, 0.5) is 11.4 Å². The molecule has 2 aromatic rings. The van der Waals surface area contributed by atoms with Crippen LogP contribution in [0.3, 0.4) is 0 Å². The van der Waals surface area contributed by atoms with Crippen molar-refractivity contribution in [3.63, 3.8) is 0 Å². The van der Waals surface area contributed by atoms with Gasteiger partial charge in [0, 0.05) is 19.2 Å². The minimum atomic E-state index is -0.704. The molecule has 0 unspecified atom stereocenters. The van der Waals surface area contributed by atoms with Crippen molar-refractivity contribution in [2.24, 2.45) is 0 Å². The highest BCUT2D eigenvalue weighted by Crippen LogP contribution is 2.33. The number of nitrogens with one attached hydrogen (secondary N) is 2. The Kier molecular flexibility index (Phi) is 2.53. The summed E-state index contributed by atoms with van der Waals surface area (Å²) in [5.74, 6) is -0.573. The van der Waals surface area contributed by atoms with E-state index in [9.17, 15) is 9.59 Å². The number of aromatic nitrogens is 1. The number of fused-ring (bicyclic) bond motifs is 1. The van der Waals surface area contributed by atoms with Crippen LogP contribution in [0.25, 0.3) is 11.1 Å². The van der Waals surface area contributed by atoms with Crippen LogP contribution in [0.1, 0.15) is 13.8 Å². The van der Waals surface area contributed by atoms with Gasteiger partial charge in [0.05, 0.1) is 16.9 Å². The molecule has 2 heterocycles. The van der Waals surface area contributed by atoms with E-state index in [0.29, 0.717) is 29.9 Å². The average molecular weight is 276 g/mol. The topological polar surface area (TPSA) is 104 Å². The number of hydrogen-bond acceptors (Lipinski definition) is 5. The van der Waals surface area contributed by atoms with Gasteiger partial charge in [0.25, 0.3) is 0 Å². The minimum Gasteiger partial charge on any atom is -0.408 e. The first-order valence-corrected chi connectivity index (χ1v) is 6.38. The first-order valence-electron chi connectivity index (χ1n) is 6.38. The van der Waals surface area contributed by atoms with Gasteiger partial charge in [0.1, 0.15) is 5.54 Å². The Labute approximate surface area is 114 Å². The number of rotatable bonds is 1. The monoisotopic (exact) mass is 276 g/mol. The molecule has 4 N–H and O–H groups in total. The number of nitrogens with two attached hydrogens (primary N) is 1. The lowest BCUT2D eigenvalue weighted by Gasteiger charge is -2.43. The molecule has 7 heteroatoms. The third kappa shape index (κ3) is 1.74. The zero-order valence-corrected chi connectivity index (χ0v) is 11.3. The predicted molar refractivity (Wildman–Crippen MR) is 75.7 cm³/mol. The maximum absolute atomic E-state index is 12.0. The maximum atomic E-state index is 12.0. The fourth-order valence-electron chi connectivity index (χ4n) is 2.56. The van der Waals surface area contributed by atoms with Crippen LogP contribution in [0.15, 0.2) is 21.3 Å². The smallest absolute Gasteiger partial charge is 0.408 e. The second-order valence-corrected chi connectivity index (χ2v) is 5.39. The summed E-state index contributed by atoms with van der Waals surface area (Å²) in [4.78, 5) is 27.8. The maximum Gasteiger partial charge on any atom is 0.417 e. The van der Waals surface area contributed by atoms with Crippen molar-refractivity contribution < 1.29 is 9.21 Å². The molecule has 7 nitrogen and oxygen atoms in total. The van der Waals surface area contributed by atoms with Crippen molar-refractivity contribution in [1.82, 2.24) is 10.3 Å². The van der Waals surface area contributed by atoms with Crippen molar-refractivity contribution >= 4 is 28.4 Å². The number of carbonyl (C=O) groups is 1. The summed E-state index contributed by atoms with van der Waals surface area (Å²) in [5.41, 5.74) is 7.51. The van der Waals surface area contributed by atoms with Crippen molar-refractivity contribution in [1.29, 1.82) is 0 Å². The second-order valence-electron chi connectivity index (χ2n) is 5.39. The number of H-pyrrole nitrogens is 1. The molecule has 1 aliphatic rings. The van der Waals surface area contributed by atoms with Gasteiger partial charge in [-0.25, -0.2) is 4.79 Å². The van der Waals surface area contributed by atoms with Crippen LogP contribution in [0, 0.1) is 0 Å². The molecule has 0 radical (unpaired) electrons. The number of hydrogen-bond donors (Lipinski definition) is 3. The summed E-state index contributed by atoms with van der Waals surface area (Å²) in [6.07, 6.45) is 0. The van der Waals surface area contributed by atoms with Gasteiger partial charge in [-0.15, -0.1) is 0 Å². The number of oxazole rings is 1. The van der Waals surface area contributed by atoms with Crippen LogP contribution < -0.4 is 21.7 Å². The normalized spacial score (nSPS) is 18.3. The number of piperazine rings is 1. The van der Waals surface area contributed by atoms with Gasteiger partial charge < -0.3 is 20.4 Å². The molecule has 1 fully saturated rings. The molecule has 0 aliphatic carbocycles. The van der Waals surface area contributed by atoms with E-state index < -0.39 is 11.3 Å². The van der Waals surface area contributed by atoms with E-state index in [1.807, 2.05) is 18.7 Å². The van der Waals surface area contributed by atoms with Crippen LogP contribution in [-0.2, 0) is 4.79 Å². The van der Waals surface area contributed by atoms with E-state index in [1.54, 1.807) is 12.1 Å². The highest BCUT2D eigenvalue weighted by atomic mass is 16.4. The molecular formula is C13H16N4O3. The predicted octanol–water partition coefficient (Wildman–Crippen LogP) is 0.418. The van der Waals surface area contributed by atoms with Crippen molar-refractivity contribution in [3.05, 3.63) is 22.7 Å². The molecule has 0 saturated carbocycles. The molecule has 1 aromatic carbocycles. The highest BCUT2D eigenvalue weighted by Gasteiger charge is 2.38. The first kappa shape index (κ1) is 12.6. The molecule has 0 atom stereocenters. The molecule has 1 aliphatic heterocycles. The molecule has 3 rings (SSSR count). The quantitative estimate of drug-likeness (QED) is 0.655. The third-order valence-corrected chi connectivity index (χ3v) is 3.71. The minimum absolute atomic E-state index is 0.0519. The Bertz CT molecular complexity index is 744. The first-order chi connectivity index (χ1) is 9.39. The van der Waals surface area contributed by atoms with Gasteiger partial charge in [-0.3, -0.25) is 9.78 Å². The molecule has 0 spiro atoms. The Hall–Kier alpha value is -2.44. The van der Waals surface area contributed by atoms with Gasteiger partial charge in [0.2, 0.25) is 5.91 Å².